The minimum absolute atomic E-state index is 0.986. The Kier molecular flexibility index (Phi) is 4.45. The third-order valence-corrected chi connectivity index (χ3v) is 2.84. The van der Waals surface area contributed by atoms with Crippen molar-refractivity contribution in [3.05, 3.63) is 16.4 Å². The van der Waals surface area contributed by atoms with Crippen molar-refractivity contribution in [3.63, 3.8) is 0 Å². The van der Waals surface area contributed by atoms with E-state index >= 15 is 0 Å². The van der Waals surface area contributed by atoms with Gasteiger partial charge in [0, 0.05) is 12.1 Å². The van der Waals surface area contributed by atoms with Crippen molar-refractivity contribution in [2.24, 2.45) is 0 Å². The van der Waals surface area contributed by atoms with Gasteiger partial charge in [0.05, 0.1) is 6.20 Å². The van der Waals surface area contributed by atoms with Gasteiger partial charge in [-0.1, -0.05) is 6.92 Å². The highest BCUT2D eigenvalue weighted by atomic mass is 79.9. The first-order valence-electron chi connectivity index (χ1n) is 4.64. The molecule has 0 aliphatic heterocycles. The molecule has 0 bridgehead atoms. The van der Waals surface area contributed by atoms with E-state index in [2.05, 4.69) is 33.3 Å². The summed E-state index contributed by atoms with van der Waals surface area (Å²) in [5, 5.41) is 7.43. The molecule has 1 heterocycles. The fourth-order valence-corrected chi connectivity index (χ4v) is 1.77. The molecule has 0 radical (unpaired) electrons. The molecule has 0 saturated heterocycles. The molecule has 4 heteroatoms. The second-order valence-electron chi connectivity index (χ2n) is 3.04. The van der Waals surface area contributed by atoms with Gasteiger partial charge < -0.3 is 5.32 Å². The Hall–Kier alpha value is -0.350. The van der Waals surface area contributed by atoms with E-state index in [1.165, 1.54) is 5.56 Å². The number of halogens is 1. The summed E-state index contributed by atoms with van der Waals surface area (Å²) < 4.78 is 3.13. The number of nitrogens with zero attached hydrogens (tertiary/aromatic N) is 2. The van der Waals surface area contributed by atoms with E-state index in [0.29, 0.717) is 0 Å². The van der Waals surface area contributed by atoms with Crippen LogP contribution in [0.1, 0.15) is 18.9 Å². The van der Waals surface area contributed by atoms with E-state index in [1.54, 1.807) is 0 Å². The standard InChI is InChI=1S/C9H16BrN3/c1-3-6-13-9(10)8(7-12-13)4-5-11-2/h7,11H,3-6H2,1-2H3. The van der Waals surface area contributed by atoms with Crippen LogP contribution in [0.3, 0.4) is 0 Å². The van der Waals surface area contributed by atoms with E-state index in [0.717, 1.165) is 30.5 Å². The van der Waals surface area contributed by atoms with Crippen molar-refractivity contribution in [2.75, 3.05) is 13.6 Å². The van der Waals surface area contributed by atoms with Gasteiger partial charge in [-0.3, -0.25) is 4.68 Å². The van der Waals surface area contributed by atoms with Crippen molar-refractivity contribution in [2.45, 2.75) is 26.3 Å². The summed E-state index contributed by atoms with van der Waals surface area (Å²) in [7, 11) is 1.96. The summed E-state index contributed by atoms with van der Waals surface area (Å²) in [6, 6.07) is 0. The highest BCUT2D eigenvalue weighted by Gasteiger charge is 2.05. The Labute approximate surface area is 87.6 Å². The smallest absolute Gasteiger partial charge is 0.107 e. The Morgan fingerprint density at radius 2 is 2.38 bits per heavy atom. The summed E-state index contributed by atoms with van der Waals surface area (Å²) in [6.45, 7) is 4.14. The number of rotatable bonds is 5. The number of hydrogen-bond donors (Lipinski definition) is 1. The van der Waals surface area contributed by atoms with Crippen molar-refractivity contribution >= 4 is 15.9 Å². The molecule has 0 aliphatic rings. The second-order valence-corrected chi connectivity index (χ2v) is 3.79. The van der Waals surface area contributed by atoms with Crippen LogP contribution < -0.4 is 5.32 Å². The SMILES string of the molecule is CCCn1ncc(CCNC)c1Br. The minimum atomic E-state index is 0.986. The molecule has 1 aromatic heterocycles. The van der Waals surface area contributed by atoms with Gasteiger partial charge in [-0.2, -0.15) is 5.10 Å². The quantitative estimate of drug-likeness (QED) is 0.858. The maximum Gasteiger partial charge on any atom is 0.107 e. The zero-order valence-corrected chi connectivity index (χ0v) is 9.76. The van der Waals surface area contributed by atoms with Gasteiger partial charge in [0.15, 0.2) is 0 Å². The molecule has 0 atom stereocenters. The topological polar surface area (TPSA) is 29.9 Å². The lowest BCUT2D eigenvalue weighted by Gasteiger charge is -2.01. The molecular weight excluding hydrogens is 230 g/mol. The third-order valence-electron chi connectivity index (χ3n) is 1.92. The predicted molar refractivity (Wildman–Crippen MR) is 57.8 cm³/mol. The van der Waals surface area contributed by atoms with Crippen LogP contribution >= 0.6 is 15.9 Å². The fraction of sp³-hybridized carbons (Fsp3) is 0.667. The van der Waals surface area contributed by atoms with Gasteiger partial charge >= 0.3 is 0 Å². The number of nitrogens with one attached hydrogen (secondary N) is 1. The van der Waals surface area contributed by atoms with E-state index in [1.807, 2.05) is 17.9 Å². The molecule has 13 heavy (non-hydrogen) atoms. The van der Waals surface area contributed by atoms with Gasteiger partial charge in [-0.05, 0) is 42.4 Å². The van der Waals surface area contributed by atoms with Crippen LogP contribution in [-0.4, -0.2) is 23.4 Å². The largest absolute Gasteiger partial charge is 0.319 e. The van der Waals surface area contributed by atoms with Crippen LogP contribution in [0.2, 0.25) is 0 Å². The summed E-state index contributed by atoms with van der Waals surface area (Å²) >= 11 is 3.56. The van der Waals surface area contributed by atoms with Gasteiger partial charge in [-0.15, -0.1) is 0 Å². The highest BCUT2D eigenvalue weighted by Crippen LogP contribution is 2.16. The first kappa shape index (κ1) is 10.7. The Balaban J connectivity index is 2.62. The summed E-state index contributed by atoms with van der Waals surface area (Å²) in [5.74, 6) is 0. The van der Waals surface area contributed by atoms with E-state index < -0.39 is 0 Å². The van der Waals surface area contributed by atoms with Gasteiger partial charge in [0.25, 0.3) is 0 Å². The highest BCUT2D eigenvalue weighted by molar-refractivity contribution is 9.10. The molecule has 0 aromatic carbocycles. The molecule has 0 unspecified atom stereocenters. The molecule has 1 rings (SSSR count). The summed E-state index contributed by atoms with van der Waals surface area (Å²) in [4.78, 5) is 0. The van der Waals surface area contributed by atoms with Crippen LogP contribution in [0.25, 0.3) is 0 Å². The zero-order chi connectivity index (χ0) is 9.68. The normalized spacial score (nSPS) is 10.7. The Bertz CT molecular complexity index is 257. The molecule has 1 N–H and O–H groups in total. The van der Waals surface area contributed by atoms with Crippen molar-refractivity contribution in [1.29, 1.82) is 0 Å². The van der Waals surface area contributed by atoms with Crippen molar-refractivity contribution < 1.29 is 0 Å². The van der Waals surface area contributed by atoms with E-state index in [4.69, 9.17) is 0 Å². The van der Waals surface area contributed by atoms with Crippen molar-refractivity contribution in [3.8, 4) is 0 Å². The maximum absolute atomic E-state index is 4.30. The molecule has 1 aromatic rings. The average molecular weight is 246 g/mol. The lowest BCUT2D eigenvalue weighted by molar-refractivity contribution is 0.590. The van der Waals surface area contributed by atoms with Crippen LogP contribution in [0, 0.1) is 0 Å². The van der Waals surface area contributed by atoms with E-state index in [9.17, 15) is 0 Å². The number of likely N-dealkylation sites (N-methyl/N-ethyl adjacent to an activating group) is 1. The average Bonchev–Trinajstić information content (AvgIpc) is 2.46. The lowest BCUT2D eigenvalue weighted by Crippen LogP contribution is -2.10. The Morgan fingerprint density at radius 1 is 1.62 bits per heavy atom. The summed E-state index contributed by atoms with van der Waals surface area (Å²) in [6.07, 6.45) is 4.09. The zero-order valence-electron chi connectivity index (χ0n) is 8.18. The van der Waals surface area contributed by atoms with Gasteiger partial charge in [-0.25, -0.2) is 0 Å². The first-order chi connectivity index (χ1) is 6.29. The van der Waals surface area contributed by atoms with Gasteiger partial charge in [0.2, 0.25) is 0 Å². The first-order valence-corrected chi connectivity index (χ1v) is 5.43. The fourth-order valence-electron chi connectivity index (χ4n) is 1.20. The molecule has 74 valence electrons. The second kappa shape index (κ2) is 5.40. The van der Waals surface area contributed by atoms with Crippen molar-refractivity contribution in [1.82, 2.24) is 15.1 Å². The number of aromatic nitrogens is 2. The number of aryl methyl sites for hydroxylation is 1. The van der Waals surface area contributed by atoms with Gasteiger partial charge in [0.1, 0.15) is 4.60 Å². The molecule has 0 amide bonds. The lowest BCUT2D eigenvalue weighted by atomic mass is 10.2. The minimum Gasteiger partial charge on any atom is -0.319 e. The van der Waals surface area contributed by atoms with Crippen LogP contribution in [0.4, 0.5) is 0 Å². The van der Waals surface area contributed by atoms with Crippen LogP contribution in [0.5, 0.6) is 0 Å². The van der Waals surface area contributed by atoms with Crippen LogP contribution in [0.15, 0.2) is 10.8 Å². The summed E-state index contributed by atoms with van der Waals surface area (Å²) in [5.41, 5.74) is 1.28. The molecule has 0 aliphatic carbocycles. The van der Waals surface area contributed by atoms with E-state index in [-0.39, 0.29) is 0 Å². The predicted octanol–water partition coefficient (Wildman–Crippen LogP) is 1.82. The number of hydrogen-bond acceptors (Lipinski definition) is 2. The maximum atomic E-state index is 4.30. The third kappa shape index (κ3) is 2.81. The molecule has 0 fully saturated rings. The Morgan fingerprint density at radius 3 is 3.00 bits per heavy atom. The monoisotopic (exact) mass is 245 g/mol. The molecule has 0 spiro atoms. The molecular formula is C9H16BrN3. The molecule has 3 nitrogen and oxygen atoms in total. The molecule has 0 saturated carbocycles. The van der Waals surface area contributed by atoms with Crippen LogP contribution in [-0.2, 0) is 13.0 Å².